The summed E-state index contributed by atoms with van der Waals surface area (Å²) in [5.41, 5.74) is 4.08. The second kappa shape index (κ2) is 7.99. The zero-order valence-corrected chi connectivity index (χ0v) is 11.8. The number of quaternary nitrogens is 1. The second-order valence-corrected chi connectivity index (χ2v) is 4.86. The predicted octanol–water partition coefficient (Wildman–Crippen LogP) is -3.69. The highest BCUT2D eigenvalue weighted by Crippen LogP contribution is 2.11. The van der Waals surface area contributed by atoms with Crippen LogP contribution >= 0.6 is 0 Å². The van der Waals surface area contributed by atoms with Crippen molar-refractivity contribution < 1.29 is 35.4 Å². The number of carboxylic acids is 2. The normalized spacial score (nSPS) is 13.1. The number of aromatic hydroxyl groups is 1. The number of hydrogen-bond donors (Lipinski definition) is 3. The van der Waals surface area contributed by atoms with Crippen molar-refractivity contribution in [2.45, 2.75) is 31.3 Å². The van der Waals surface area contributed by atoms with Crippen LogP contribution < -0.4 is 21.3 Å². The van der Waals surface area contributed by atoms with E-state index in [1.807, 2.05) is 0 Å². The molecule has 0 bridgehead atoms. The molecule has 5 N–H and O–H groups in total. The number of benzene rings is 1. The first-order valence-electron chi connectivity index (χ1n) is 6.61. The van der Waals surface area contributed by atoms with Gasteiger partial charge >= 0.3 is 0 Å². The Morgan fingerprint density at radius 3 is 2.27 bits per heavy atom. The van der Waals surface area contributed by atoms with E-state index in [2.05, 4.69) is 11.1 Å². The first-order chi connectivity index (χ1) is 10.3. The Kier molecular flexibility index (Phi) is 6.33. The Bertz CT molecular complexity index is 543. The number of phenolic OH excluding ortho intramolecular Hbond substituents is 1. The van der Waals surface area contributed by atoms with Crippen LogP contribution in [0.5, 0.6) is 5.75 Å². The summed E-state index contributed by atoms with van der Waals surface area (Å²) in [6, 6.07) is 3.66. The number of amides is 1. The lowest BCUT2D eigenvalue weighted by Gasteiger charge is -2.21. The third kappa shape index (κ3) is 5.80. The molecule has 0 saturated heterocycles. The molecule has 0 fully saturated rings. The summed E-state index contributed by atoms with van der Waals surface area (Å²) in [7, 11) is 0. The third-order valence-electron chi connectivity index (χ3n) is 3.04. The Morgan fingerprint density at radius 1 is 1.18 bits per heavy atom. The number of carboxylic acid groups (broad SMARTS) is 2. The molecule has 0 radical (unpaired) electrons. The Labute approximate surface area is 126 Å². The van der Waals surface area contributed by atoms with Gasteiger partial charge in [0.15, 0.2) is 6.04 Å². The molecule has 0 spiro atoms. The van der Waals surface area contributed by atoms with Crippen molar-refractivity contribution in [2.24, 2.45) is 0 Å². The molecular formula is C14H17N2O6-. The minimum absolute atomic E-state index is 0.0262. The zero-order chi connectivity index (χ0) is 16.7. The van der Waals surface area contributed by atoms with Gasteiger partial charge in [-0.15, -0.1) is 0 Å². The maximum atomic E-state index is 11.8. The van der Waals surface area contributed by atoms with E-state index in [0.717, 1.165) is 0 Å². The SMILES string of the molecule is [NH3+][C@@H](CCC(=O)[O-])C(=O)N[C@@H](Cc1ccc(O)cc1)C(=O)[O-]. The minimum atomic E-state index is -1.46. The molecule has 0 aromatic heterocycles. The monoisotopic (exact) mass is 309 g/mol. The number of aliphatic carboxylic acids is 2. The first kappa shape index (κ1) is 17.4. The molecule has 1 aromatic carbocycles. The number of rotatable bonds is 8. The van der Waals surface area contributed by atoms with Crippen LogP contribution in [-0.4, -0.2) is 35.0 Å². The van der Waals surface area contributed by atoms with Crippen molar-refractivity contribution in [1.29, 1.82) is 0 Å². The number of carbonyl (C=O) groups excluding carboxylic acids is 3. The summed E-state index contributed by atoms with van der Waals surface area (Å²) in [6.07, 6.45) is -0.412. The van der Waals surface area contributed by atoms with Crippen molar-refractivity contribution in [3.63, 3.8) is 0 Å². The predicted molar refractivity (Wildman–Crippen MR) is 69.7 cm³/mol. The number of carbonyl (C=O) groups is 3. The maximum absolute atomic E-state index is 11.8. The molecule has 0 aliphatic carbocycles. The van der Waals surface area contributed by atoms with Crippen molar-refractivity contribution in [1.82, 2.24) is 5.32 Å². The van der Waals surface area contributed by atoms with Gasteiger partial charge in [0.25, 0.3) is 5.91 Å². The quantitative estimate of drug-likeness (QED) is 0.448. The molecule has 0 saturated carbocycles. The molecule has 0 unspecified atom stereocenters. The van der Waals surface area contributed by atoms with Crippen molar-refractivity contribution in [3.05, 3.63) is 29.8 Å². The molecular weight excluding hydrogens is 292 g/mol. The van der Waals surface area contributed by atoms with Gasteiger partial charge in [0.05, 0.1) is 12.0 Å². The van der Waals surface area contributed by atoms with Gasteiger partial charge < -0.3 is 36.0 Å². The highest BCUT2D eigenvalue weighted by atomic mass is 16.4. The zero-order valence-electron chi connectivity index (χ0n) is 11.8. The number of phenols is 1. The van der Waals surface area contributed by atoms with Crippen molar-refractivity contribution in [2.75, 3.05) is 0 Å². The van der Waals surface area contributed by atoms with Gasteiger partial charge in [-0.3, -0.25) is 4.79 Å². The van der Waals surface area contributed by atoms with Gasteiger partial charge in [0, 0.05) is 12.4 Å². The molecule has 8 nitrogen and oxygen atoms in total. The first-order valence-corrected chi connectivity index (χ1v) is 6.61. The highest BCUT2D eigenvalue weighted by molar-refractivity contribution is 5.85. The lowest BCUT2D eigenvalue weighted by atomic mass is 10.0. The smallest absolute Gasteiger partial charge is 0.278 e. The largest absolute Gasteiger partial charge is 0.550 e. The van der Waals surface area contributed by atoms with E-state index < -0.39 is 29.9 Å². The van der Waals surface area contributed by atoms with Gasteiger partial charge in [0.2, 0.25) is 0 Å². The average Bonchev–Trinajstić information content (AvgIpc) is 2.45. The lowest BCUT2D eigenvalue weighted by molar-refractivity contribution is -0.406. The van der Waals surface area contributed by atoms with Crippen LogP contribution in [0.3, 0.4) is 0 Å². The fourth-order valence-corrected chi connectivity index (χ4v) is 1.77. The van der Waals surface area contributed by atoms with Crippen LogP contribution in [0.1, 0.15) is 18.4 Å². The lowest BCUT2D eigenvalue weighted by Crippen LogP contribution is -2.69. The highest BCUT2D eigenvalue weighted by Gasteiger charge is 2.21. The summed E-state index contributed by atoms with van der Waals surface area (Å²) in [4.78, 5) is 33.2. The standard InChI is InChI=1S/C14H18N2O6/c15-10(5-6-12(18)19)13(20)16-11(14(21)22)7-8-1-3-9(17)4-2-8/h1-4,10-11,17H,5-7,15H2,(H,16,20)(H,18,19)(H,21,22)/p-1/t10-,11-/m0/s1. The van der Waals surface area contributed by atoms with Gasteiger partial charge in [-0.05, 0) is 30.5 Å². The van der Waals surface area contributed by atoms with Crippen LogP contribution in [0.4, 0.5) is 0 Å². The van der Waals surface area contributed by atoms with Gasteiger partial charge in [-0.25, -0.2) is 0 Å². The third-order valence-corrected chi connectivity index (χ3v) is 3.04. The molecule has 1 rings (SSSR count). The topological polar surface area (TPSA) is 157 Å². The molecule has 0 aliphatic rings. The van der Waals surface area contributed by atoms with Crippen LogP contribution in [0.2, 0.25) is 0 Å². The van der Waals surface area contributed by atoms with Crippen LogP contribution in [-0.2, 0) is 20.8 Å². The minimum Gasteiger partial charge on any atom is -0.550 e. The van der Waals surface area contributed by atoms with E-state index in [9.17, 15) is 24.6 Å². The van der Waals surface area contributed by atoms with Crippen LogP contribution in [0.25, 0.3) is 0 Å². The average molecular weight is 309 g/mol. The summed E-state index contributed by atoms with van der Waals surface area (Å²) >= 11 is 0. The molecule has 0 heterocycles. The molecule has 8 heteroatoms. The fourth-order valence-electron chi connectivity index (χ4n) is 1.77. The van der Waals surface area contributed by atoms with E-state index in [4.69, 9.17) is 5.11 Å². The van der Waals surface area contributed by atoms with Crippen LogP contribution in [0.15, 0.2) is 24.3 Å². The molecule has 22 heavy (non-hydrogen) atoms. The fraction of sp³-hybridized carbons (Fsp3) is 0.357. The van der Waals surface area contributed by atoms with E-state index in [1.54, 1.807) is 0 Å². The van der Waals surface area contributed by atoms with E-state index in [-0.39, 0.29) is 25.0 Å². The van der Waals surface area contributed by atoms with Gasteiger partial charge in [0.1, 0.15) is 5.75 Å². The molecule has 0 aliphatic heterocycles. The summed E-state index contributed by atoms with van der Waals surface area (Å²) in [6.45, 7) is 0. The molecule has 120 valence electrons. The maximum Gasteiger partial charge on any atom is 0.278 e. The Balaban J connectivity index is 2.63. The van der Waals surface area contributed by atoms with Crippen molar-refractivity contribution >= 4 is 17.8 Å². The number of nitrogens with one attached hydrogen (secondary N) is 1. The molecule has 1 amide bonds. The summed E-state index contributed by atoms with van der Waals surface area (Å²) < 4.78 is 0. The van der Waals surface area contributed by atoms with Gasteiger partial charge in [-0.2, -0.15) is 0 Å². The second-order valence-electron chi connectivity index (χ2n) is 4.86. The van der Waals surface area contributed by atoms with Crippen molar-refractivity contribution in [3.8, 4) is 5.75 Å². The van der Waals surface area contributed by atoms with E-state index in [0.29, 0.717) is 5.56 Å². The van der Waals surface area contributed by atoms with E-state index in [1.165, 1.54) is 24.3 Å². The summed E-state index contributed by atoms with van der Waals surface area (Å²) in [5, 5.41) is 32.9. The van der Waals surface area contributed by atoms with E-state index >= 15 is 0 Å². The Morgan fingerprint density at radius 2 is 1.77 bits per heavy atom. The molecule has 2 atom stereocenters. The number of hydrogen-bond acceptors (Lipinski definition) is 6. The summed E-state index contributed by atoms with van der Waals surface area (Å²) in [5.74, 6) is -3.40. The Hall–Kier alpha value is -2.61. The van der Waals surface area contributed by atoms with Crippen LogP contribution in [0, 0.1) is 0 Å². The van der Waals surface area contributed by atoms with Gasteiger partial charge in [-0.1, -0.05) is 12.1 Å². The molecule has 1 aromatic rings.